The zero-order chi connectivity index (χ0) is 20.8. The molecule has 3 aromatic rings. The molecule has 2 aliphatic rings. The molecule has 0 radical (unpaired) electrons. The van der Waals surface area contributed by atoms with Crippen LogP contribution in [0.2, 0.25) is 5.02 Å². The van der Waals surface area contributed by atoms with Gasteiger partial charge in [-0.2, -0.15) is 0 Å². The molecule has 0 spiro atoms. The monoisotopic (exact) mass is 419 g/mol. The van der Waals surface area contributed by atoms with E-state index in [2.05, 4.69) is 4.90 Å². The van der Waals surface area contributed by atoms with E-state index in [0.29, 0.717) is 53.4 Å². The van der Waals surface area contributed by atoms with Crippen LogP contribution in [-0.4, -0.2) is 49.3 Å². The summed E-state index contributed by atoms with van der Waals surface area (Å²) in [5.74, 6) is -0.688. The second-order valence-electron chi connectivity index (χ2n) is 7.41. The predicted octanol–water partition coefficient (Wildman–Crippen LogP) is 3.57. The van der Waals surface area contributed by atoms with Crippen molar-refractivity contribution in [3.8, 4) is 0 Å². The lowest BCUT2D eigenvalue weighted by Gasteiger charge is -2.35. The number of carbonyl (C=O) groups excluding carboxylic acids is 3. The first-order valence-corrected chi connectivity index (χ1v) is 10.1. The molecule has 0 saturated carbocycles. The molecule has 5 rings (SSSR count). The van der Waals surface area contributed by atoms with Gasteiger partial charge in [-0.25, -0.2) is 4.90 Å². The molecule has 3 amide bonds. The molecule has 0 aromatic heterocycles. The summed E-state index contributed by atoms with van der Waals surface area (Å²) in [6, 6.07) is 16.0. The molecule has 2 heterocycles. The van der Waals surface area contributed by atoms with Crippen molar-refractivity contribution in [2.24, 2.45) is 0 Å². The quantitative estimate of drug-likeness (QED) is 0.481. The Morgan fingerprint density at radius 2 is 1.47 bits per heavy atom. The Labute approximate surface area is 178 Å². The van der Waals surface area contributed by atoms with Crippen LogP contribution in [-0.2, 0) is 4.79 Å². The van der Waals surface area contributed by atoms with E-state index in [4.69, 9.17) is 11.6 Å². The lowest BCUT2D eigenvalue weighted by Crippen LogP contribution is -2.46. The molecule has 0 atom stereocenters. The van der Waals surface area contributed by atoms with Gasteiger partial charge in [-0.1, -0.05) is 23.7 Å². The van der Waals surface area contributed by atoms with E-state index in [0.717, 1.165) is 17.5 Å². The van der Waals surface area contributed by atoms with Crippen LogP contribution in [0, 0.1) is 0 Å². The van der Waals surface area contributed by atoms with E-state index < -0.39 is 0 Å². The fourth-order valence-electron chi connectivity index (χ4n) is 4.25. The molecule has 2 aliphatic heterocycles. The topological polar surface area (TPSA) is 60.9 Å². The number of hydrogen-bond acceptors (Lipinski definition) is 4. The number of benzene rings is 3. The standard InChI is InChI=1S/C23H18ClN3O3/c24-15-4-6-16(7-5-15)27-22(29)18-3-1-2-17-20(9-8-19(21(17)18)23(27)30)26-12-10-25(14-28)11-13-26/h1-9,14H,10-13H2. The van der Waals surface area contributed by atoms with E-state index in [1.54, 1.807) is 41.3 Å². The molecule has 0 aliphatic carbocycles. The van der Waals surface area contributed by atoms with Gasteiger partial charge in [-0.05, 0) is 42.5 Å². The van der Waals surface area contributed by atoms with Crippen molar-refractivity contribution in [2.75, 3.05) is 36.0 Å². The molecule has 1 saturated heterocycles. The molecule has 7 heteroatoms. The Hall–Kier alpha value is -3.38. The van der Waals surface area contributed by atoms with Crippen molar-refractivity contribution in [1.82, 2.24) is 4.90 Å². The van der Waals surface area contributed by atoms with Gasteiger partial charge in [0.15, 0.2) is 0 Å². The number of nitrogens with zero attached hydrogens (tertiary/aromatic N) is 3. The largest absolute Gasteiger partial charge is 0.367 e. The third kappa shape index (κ3) is 2.83. The molecule has 1 fully saturated rings. The normalized spacial score (nSPS) is 16.4. The van der Waals surface area contributed by atoms with E-state index in [1.807, 2.05) is 18.2 Å². The molecule has 3 aromatic carbocycles. The summed E-state index contributed by atoms with van der Waals surface area (Å²) in [4.78, 5) is 42.7. The number of hydrogen-bond donors (Lipinski definition) is 0. The minimum absolute atomic E-state index is 0.344. The lowest BCUT2D eigenvalue weighted by molar-refractivity contribution is -0.118. The Morgan fingerprint density at radius 3 is 2.13 bits per heavy atom. The van der Waals surface area contributed by atoms with Crippen molar-refractivity contribution in [1.29, 1.82) is 0 Å². The van der Waals surface area contributed by atoms with Crippen LogP contribution in [0.25, 0.3) is 10.8 Å². The van der Waals surface area contributed by atoms with Crippen LogP contribution in [0.3, 0.4) is 0 Å². The average molecular weight is 420 g/mol. The summed E-state index contributed by atoms with van der Waals surface area (Å²) in [5, 5.41) is 2.10. The van der Waals surface area contributed by atoms with E-state index in [9.17, 15) is 14.4 Å². The highest BCUT2D eigenvalue weighted by molar-refractivity contribution is 6.36. The number of anilines is 2. The van der Waals surface area contributed by atoms with Crippen molar-refractivity contribution in [3.63, 3.8) is 0 Å². The summed E-state index contributed by atoms with van der Waals surface area (Å²) in [7, 11) is 0. The number of halogens is 1. The molecule has 6 nitrogen and oxygen atoms in total. The Morgan fingerprint density at radius 1 is 0.800 bits per heavy atom. The molecular formula is C23H18ClN3O3. The SMILES string of the molecule is O=CN1CCN(c2ccc3c4c(cccc24)C(=O)N(c2ccc(Cl)cc2)C3=O)CC1. The van der Waals surface area contributed by atoms with Crippen LogP contribution >= 0.6 is 11.6 Å². The van der Waals surface area contributed by atoms with Gasteiger partial charge in [0.25, 0.3) is 11.8 Å². The Kier molecular flexibility index (Phi) is 4.44. The van der Waals surface area contributed by atoms with E-state index >= 15 is 0 Å². The maximum atomic E-state index is 13.3. The third-order valence-electron chi connectivity index (χ3n) is 5.77. The molecule has 0 unspecified atom stereocenters. The molecule has 150 valence electrons. The van der Waals surface area contributed by atoms with Gasteiger partial charge in [-0.3, -0.25) is 14.4 Å². The van der Waals surface area contributed by atoms with Gasteiger partial charge in [0.2, 0.25) is 6.41 Å². The smallest absolute Gasteiger partial charge is 0.265 e. The zero-order valence-electron chi connectivity index (χ0n) is 16.0. The van der Waals surface area contributed by atoms with Crippen molar-refractivity contribution >= 4 is 52.0 Å². The second kappa shape index (κ2) is 7.15. The van der Waals surface area contributed by atoms with Crippen LogP contribution < -0.4 is 9.80 Å². The number of piperazine rings is 1. The van der Waals surface area contributed by atoms with Crippen molar-refractivity contribution < 1.29 is 14.4 Å². The highest BCUT2D eigenvalue weighted by Crippen LogP contribution is 2.37. The highest BCUT2D eigenvalue weighted by Gasteiger charge is 2.35. The van der Waals surface area contributed by atoms with Gasteiger partial charge >= 0.3 is 0 Å². The average Bonchev–Trinajstić information content (AvgIpc) is 2.78. The Balaban J connectivity index is 1.61. The lowest BCUT2D eigenvalue weighted by atomic mass is 9.92. The predicted molar refractivity (Wildman–Crippen MR) is 116 cm³/mol. The fourth-order valence-corrected chi connectivity index (χ4v) is 4.38. The number of imide groups is 1. The minimum Gasteiger partial charge on any atom is -0.367 e. The van der Waals surface area contributed by atoms with Gasteiger partial charge in [0.1, 0.15) is 0 Å². The first kappa shape index (κ1) is 18.6. The first-order chi connectivity index (χ1) is 14.6. The summed E-state index contributed by atoms with van der Waals surface area (Å²) in [6.07, 6.45) is 0.873. The molecule has 30 heavy (non-hydrogen) atoms. The molecular weight excluding hydrogens is 402 g/mol. The van der Waals surface area contributed by atoms with Gasteiger partial charge in [-0.15, -0.1) is 0 Å². The van der Waals surface area contributed by atoms with Crippen LogP contribution in [0.1, 0.15) is 20.7 Å². The van der Waals surface area contributed by atoms with Crippen molar-refractivity contribution in [2.45, 2.75) is 0 Å². The molecule has 0 bridgehead atoms. The highest BCUT2D eigenvalue weighted by atomic mass is 35.5. The number of rotatable bonds is 3. The summed E-state index contributed by atoms with van der Waals surface area (Å²) >= 11 is 5.96. The fraction of sp³-hybridized carbons (Fsp3) is 0.174. The van der Waals surface area contributed by atoms with Crippen LogP contribution in [0.5, 0.6) is 0 Å². The summed E-state index contributed by atoms with van der Waals surface area (Å²) < 4.78 is 0. The summed E-state index contributed by atoms with van der Waals surface area (Å²) in [6.45, 7) is 2.70. The summed E-state index contributed by atoms with van der Waals surface area (Å²) in [5.41, 5.74) is 2.48. The van der Waals surface area contributed by atoms with Gasteiger partial charge < -0.3 is 9.80 Å². The van der Waals surface area contributed by atoms with Gasteiger partial charge in [0, 0.05) is 58.8 Å². The second-order valence-corrected chi connectivity index (χ2v) is 7.85. The van der Waals surface area contributed by atoms with Crippen molar-refractivity contribution in [3.05, 3.63) is 70.7 Å². The first-order valence-electron chi connectivity index (χ1n) is 9.73. The molecule has 0 N–H and O–H groups in total. The number of amides is 3. The minimum atomic E-state index is -0.344. The van der Waals surface area contributed by atoms with E-state index in [1.165, 1.54) is 4.90 Å². The maximum absolute atomic E-state index is 13.3. The Bertz CT molecular complexity index is 1160. The van der Waals surface area contributed by atoms with Crippen LogP contribution in [0.4, 0.5) is 11.4 Å². The van der Waals surface area contributed by atoms with Crippen LogP contribution in [0.15, 0.2) is 54.6 Å². The zero-order valence-corrected chi connectivity index (χ0v) is 16.8. The van der Waals surface area contributed by atoms with Gasteiger partial charge in [0.05, 0.1) is 5.69 Å². The van der Waals surface area contributed by atoms with E-state index in [-0.39, 0.29) is 11.8 Å². The number of carbonyl (C=O) groups is 3. The third-order valence-corrected chi connectivity index (χ3v) is 6.03. The maximum Gasteiger partial charge on any atom is 0.265 e.